The van der Waals surface area contributed by atoms with Crippen LogP contribution in [0.15, 0.2) is 72.2 Å². The van der Waals surface area contributed by atoms with Gasteiger partial charge in [-0.15, -0.1) is 11.3 Å². The maximum absolute atomic E-state index is 13.3. The van der Waals surface area contributed by atoms with Crippen LogP contribution >= 0.6 is 11.3 Å². The molecule has 2 aromatic carbocycles. The first-order valence-corrected chi connectivity index (χ1v) is 11.5. The van der Waals surface area contributed by atoms with Crippen molar-refractivity contribution < 1.29 is 14.4 Å². The summed E-state index contributed by atoms with van der Waals surface area (Å²) in [7, 11) is 0. The van der Waals surface area contributed by atoms with Crippen molar-refractivity contribution in [2.45, 2.75) is 25.9 Å². The fourth-order valence-corrected chi connectivity index (χ4v) is 4.72. The van der Waals surface area contributed by atoms with E-state index in [4.69, 9.17) is 0 Å². The maximum atomic E-state index is 13.3. The van der Waals surface area contributed by atoms with E-state index in [2.05, 4.69) is 16.4 Å². The average Bonchev–Trinajstić information content (AvgIpc) is 3.55. The lowest BCUT2D eigenvalue weighted by molar-refractivity contribution is -0.121. The average molecular weight is 459 g/mol. The Kier molecular flexibility index (Phi) is 5.66. The number of nitrogens with zero attached hydrogens (tertiary/aromatic N) is 2. The number of rotatable bonds is 6. The van der Waals surface area contributed by atoms with Gasteiger partial charge in [-0.25, -0.2) is 4.79 Å². The molecule has 3 heterocycles. The Bertz CT molecular complexity index is 1310. The summed E-state index contributed by atoms with van der Waals surface area (Å²) in [5.74, 6) is -0.439. The largest absolute Gasteiger partial charge is 0.361 e. The third-order valence-electron chi connectivity index (χ3n) is 5.61. The molecule has 8 heteroatoms. The minimum absolute atomic E-state index is 0.218. The van der Waals surface area contributed by atoms with Gasteiger partial charge in [-0.1, -0.05) is 18.2 Å². The zero-order valence-electron chi connectivity index (χ0n) is 17.8. The van der Waals surface area contributed by atoms with Crippen molar-refractivity contribution in [2.75, 3.05) is 10.2 Å². The minimum Gasteiger partial charge on any atom is -0.361 e. The predicted molar refractivity (Wildman–Crippen MR) is 129 cm³/mol. The molecule has 2 aromatic heterocycles. The molecule has 166 valence electrons. The predicted octanol–water partition coefficient (Wildman–Crippen LogP) is 5.12. The van der Waals surface area contributed by atoms with Gasteiger partial charge in [-0.2, -0.15) is 0 Å². The summed E-state index contributed by atoms with van der Waals surface area (Å²) in [4.78, 5) is 44.7. The number of aromatic nitrogens is 1. The molecule has 0 aliphatic carbocycles. The molecule has 1 fully saturated rings. The Balaban J connectivity index is 1.37. The smallest absolute Gasteiger partial charge is 0.322 e. The van der Waals surface area contributed by atoms with Gasteiger partial charge >= 0.3 is 6.03 Å². The normalized spacial score (nSPS) is 13.6. The van der Waals surface area contributed by atoms with E-state index in [1.54, 1.807) is 40.5 Å². The molecule has 0 atom stereocenters. The summed E-state index contributed by atoms with van der Waals surface area (Å²) in [6.45, 7) is 0.908. The number of nitrogens with one attached hydrogen (secondary N) is 2. The van der Waals surface area contributed by atoms with Crippen LogP contribution < -0.4 is 10.2 Å². The molecule has 33 heavy (non-hydrogen) atoms. The second-order valence-electron chi connectivity index (χ2n) is 7.94. The zero-order valence-corrected chi connectivity index (χ0v) is 18.6. The highest BCUT2D eigenvalue weighted by Crippen LogP contribution is 2.26. The molecule has 2 N–H and O–H groups in total. The van der Waals surface area contributed by atoms with Crippen molar-refractivity contribution in [3.05, 3.63) is 82.7 Å². The number of hydrogen-bond donors (Lipinski definition) is 2. The molecule has 1 aliphatic heterocycles. The third-order valence-corrected chi connectivity index (χ3v) is 6.47. The van der Waals surface area contributed by atoms with Crippen molar-refractivity contribution in [3.63, 3.8) is 0 Å². The lowest BCUT2D eigenvalue weighted by atomic mass is 10.1. The van der Waals surface area contributed by atoms with Crippen LogP contribution in [0.25, 0.3) is 10.9 Å². The fourth-order valence-electron chi connectivity index (χ4n) is 4.00. The Morgan fingerprint density at radius 1 is 1.00 bits per heavy atom. The van der Waals surface area contributed by atoms with Crippen molar-refractivity contribution in [3.8, 4) is 0 Å². The SMILES string of the molecule is O=C(Nc1cccc(N2C(=O)CCC2=O)c1)N(Cc1ccc2[nH]ccc2c1)Cc1cccs1. The molecule has 0 bridgehead atoms. The molecular formula is C25H22N4O3S. The van der Waals surface area contributed by atoms with E-state index in [-0.39, 0.29) is 30.7 Å². The number of benzene rings is 2. The molecule has 1 aliphatic rings. The van der Waals surface area contributed by atoms with Crippen molar-refractivity contribution in [1.29, 1.82) is 0 Å². The molecule has 4 aromatic rings. The van der Waals surface area contributed by atoms with Crippen LogP contribution in [0, 0.1) is 0 Å². The number of carbonyl (C=O) groups is 3. The molecular weight excluding hydrogens is 436 g/mol. The van der Waals surface area contributed by atoms with Gasteiger partial charge in [0.05, 0.1) is 12.2 Å². The van der Waals surface area contributed by atoms with E-state index in [9.17, 15) is 14.4 Å². The van der Waals surface area contributed by atoms with E-state index >= 15 is 0 Å². The first kappa shape index (κ1) is 21.0. The number of hydrogen-bond acceptors (Lipinski definition) is 4. The Morgan fingerprint density at radius 2 is 1.85 bits per heavy atom. The van der Waals surface area contributed by atoms with Gasteiger partial charge in [-0.05, 0) is 58.8 Å². The Labute approximate surface area is 194 Å². The van der Waals surface area contributed by atoms with Crippen LogP contribution in [0.1, 0.15) is 23.3 Å². The van der Waals surface area contributed by atoms with Crippen LogP contribution in [0.2, 0.25) is 0 Å². The Morgan fingerprint density at radius 3 is 2.64 bits per heavy atom. The summed E-state index contributed by atoms with van der Waals surface area (Å²) in [5, 5.41) is 6.02. The minimum atomic E-state index is -0.256. The second-order valence-corrected chi connectivity index (χ2v) is 8.97. The Hall–Kier alpha value is -3.91. The van der Waals surface area contributed by atoms with Gasteiger partial charge in [0.2, 0.25) is 11.8 Å². The standard InChI is InChI=1S/C25H22N4O3S/c30-23-8-9-24(31)29(23)20-4-1-3-19(14-20)27-25(32)28(16-21-5-2-12-33-21)15-17-6-7-22-18(13-17)10-11-26-22/h1-7,10-14,26H,8-9,15-16H2,(H,27,32). The second kappa shape index (κ2) is 8.91. The van der Waals surface area contributed by atoms with E-state index in [1.807, 2.05) is 41.9 Å². The van der Waals surface area contributed by atoms with Gasteiger partial charge in [0.1, 0.15) is 0 Å². The number of fused-ring (bicyclic) bond motifs is 1. The van der Waals surface area contributed by atoms with E-state index in [0.29, 0.717) is 24.5 Å². The molecule has 0 saturated carbocycles. The number of carbonyl (C=O) groups excluding carboxylic acids is 3. The maximum Gasteiger partial charge on any atom is 0.322 e. The van der Waals surface area contributed by atoms with Gasteiger partial charge in [-0.3, -0.25) is 14.5 Å². The van der Waals surface area contributed by atoms with E-state index in [0.717, 1.165) is 21.3 Å². The number of urea groups is 1. The van der Waals surface area contributed by atoms with Crippen LogP contribution in [0.3, 0.4) is 0 Å². The van der Waals surface area contributed by atoms with Crippen molar-refractivity contribution in [1.82, 2.24) is 9.88 Å². The number of thiophene rings is 1. The highest BCUT2D eigenvalue weighted by molar-refractivity contribution is 7.09. The topological polar surface area (TPSA) is 85.5 Å². The van der Waals surface area contributed by atoms with Crippen LogP contribution in [0.5, 0.6) is 0 Å². The summed E-state index contributed by atoms with van der Waals surface area (Å²) in [6, 6.07) is 18.7. The first-order chi connectivity index (χ1) is 16.1. The number of amides is 4. The fraction of sp³-hybridized carbons (Fsp3) is 0.160. The number of aromatic amines is 1. The molecule has 0 unspecified atom stereocenters. The van der Waals surface area contributed by atoms with Crippen LogP contribution in [-0.4, -0.2) is 27.7 Å². The summed E-state index contributed by atoms with van der Waals surface area (Å²) >= 11 is 1.60. The highest BCUT2D eigenvalue weighted by atomic mass is 32.1. The molecule has 0 spiro atoms. The van der Waals surface area contributed by atoms with Gasteiger partial charge in [0.25, 0.3) is 0 Å². The van der Waals surface area contributed by atoms with Crippen LogP contribution in [0.4, 0.5) is 16.2 Å². The monoisotopic (exact) mass is 458 g/mol. The van der Waals surface area contributed by atoms with E-state index < -0.39 is 0 Å². The highest BCUT2D eigenvalue weighted by Gasteiger charge is 2.30. The van der Waals surface area contributed by atoms with Gasteiger partial charge in [0.15, 0.2) is 0 Å². The number of H-pyrrole nitrogens is 1. The third kappa shape index (κ3) is 4.51. The molecule has 5 rings (SSSR count). The van der Waals surface area contributed by atoms with Gasteiger partial charge < -0.3 is 15.2 Å². The summed E-state index contributed by atoms with van der Waals surface area (Å²) < 4.78 is 0. The van der Waals surface area contributed by atoms with Crippen molar-refractivity contribution in [2.24, 2.45) is 0 Å². The van der Waals surface area contributed by atoms with E-state index in [1.165, 1.54) is 4.90 Å². The molecule has 0 radical (unpaired) electrons. The molecule has 4 amide bonds. The number of imide groups is 1. The first-order valence-electron chi connectivity index (χ1n) is 10.7. The van der Waals surface area contributed by atoms with Crippen molar-refractivity contribution >= 4 is 51.5 Å². The quantitative estimate of drug-likeness (QED) is 0.394. The van der Waals surface area contributed by atoms with Crippen LogP contribution in [-0.2, 0) is 22.7 Å². The molecule has 7 nitrogen and oxygen atoms in total. The lowest BCUT2D eigenvalue weighted by Gasteiger charge is -2.23. The van der Waals surface area contributed by atoms with Gasteiger partial charge in [0, 0.05) is 41.7 Å². The number of anilines is 2. The zero-order chi connectivity index (χ0) is 22.8. The lowest BCUT2D eigenvalue weighted by Crippen LogP contribution is -2.34. The summed E-state index contributed by atoms with van der Waals surface area (Å²) in [6.07, 6.45) is 2.33. The summed E-state index contributed by atoms with van der Waals surface area (Å²) in [5.41, 5.74) is 3.08. The molecule has 1 saturated heterocycles.